The van der Waals surface area contributed by atoms with Crippen LogP contribution >= 0.6 is 0 Å². The Morgan fingerprint density at radius 2 is 2.20 bits per heavy atom. The average molecular weight is 204 g/mol. The van der Waals surface area contributed by atoms with Crippen LogP contribution in [0.4, 0.5) is 0 Å². The number of hydrogen-bond acceptors (Lipinski definition) is 3. The Morgan fingerprint density at radius 3 is 2.87 bits per heavy atom. The Hall–Kier alpha value is -1.42. The lowest BCUT2D eigenvalue weighted by Gasteiger charge is -2.10. The first-order valence-corrected chi connectivity index (χ1v) is 5.17. The van der Waals surface area contributed by atoms with Crippen molar-refractivity contribution in [3.63, 3.8) is 0 Å². The minimum atomic E-state index is 0.844. The van der Waals surface area contributed by atoms with E-state index in [1.165, 1.54) is 0 Å². The molecule has 2 rings (SSSR count). The molecule has 4 heteroatoms. The fourth-order valence-corrected chi connectivity index (χ4v) is 1.76. The number of rotatable bonds is 3. The predicted octanol–water partition coefficient (Wildman–Crippen LogP) is 1.51. The standard InChI is InChI=1S/C11H16N4/c1-4-15-9-6-5-7-12-11(9)13-10(15)8-14(2)3/h5-7H,4,8H2,1-3H3. The summed E-state index contributed by atoms with van der Waals surface area (Å²) in [5.41, 5.74) is 1.97. The van der Waals surface area contributed by atoms with Crippen molar-refractivity contribution in [2.75, 3.05) is 14.1 Å². The molecule has 0 bridgehead atoms. The van der Waals surface area contributed by atoms with E-state index >= 15 is 0 Å². The average Bonchev–Trinajstić information content (AvgIpc) is 2.53. The van der Waals surface area contributed by atoms with Crippen molar-refractivity contribution in [2.45, 2.75) is 20.0 Å². The smallest absolute Gasteiger partial charge is 0.177 e. The van der Waals surface area contributed by atoms with Gasteiger partial charge in [-0.05, 0) is 33.2 Å². The summed E-state index contributed by atoms with van der Waals surface area (Å²) in [7, 11) is 4.10. The molecule has 2 aromatic rings. The lowest BCUT2D eigenvalue weighted by Crippen LogP contribution is -2.15. The number of imidazole rings is 1. The fourth-order valence-electron chi connectivity index (χ4n) is 1.76. The van der Waals surface area contributed by atoms with Gasteiger partial charge in [-0.25, -0.2) is 9.97 Å². The zero-order chi connectivity index (χ0) is 10.8. The summed E-state index contributed by atoms with van der Waals surface area (Å²) >= 11 is 0. The largest absolute Gasteiger partial charge is 0.326 e. The molecule has 0 atom stereocenters. The third-order valence-corrected chi connectivity index (χ3v) is 2.38. The maximum absolute atomic E-state index is 4.53. The van der Waals surface area contributed by atoms with E-state index in [-0.39, 0.29) is 0 Å². The van der Waals surface area contributed by atoms with Gasteiger partial charge in [0.1, 0.15) is 5.82 Å². The van der Waals surface area contributed by atoms with Crippen molar-refractivity contribution in [3.8, 4) is 0 Å². The third kappa shape index (κ3) is 1.85. The number of aryl methyl sites for hydroxylation is 1. The maximum Gasteiger partial charge on any atom is 0.177 e. The second kappa shape index (κ2) is 3.98. The molecule has 0 saturated heterocycles. The van der Waals surface area contributed by atoms with Crippen LogP contribution in [0.1, 0.15) is 12.7 Å². The Balaban J connectivity index is 2.54. The van der Waals surface area contributed by atoms with Crippen LogP contribution < -0.4 is 0 Å². The van der Waals surface area contributed by atoms with E-state index in [9.17, 15) is 0 Å². The van der Waals surface area contributed by atoms with Gasteiger partial charge in [0.15, 0.2) is 5.65 Å². The van der Waals surface area contributed by atoms with Crippen LogP contribution in [-0.2, 0) is 13.1 Å². The van der Waals surface area contributed by atoms with Gasteiger partial charge in [0.25, 0.3) is 0 Å². The minimum absolute atomic E-state index is 0.844. The van der Waals surface area contributed by atoms with E-state index in [2.05, 4.69) is 32.4 Å². The van der Waals surface area contributed by atoms with E-state index < -0.39 is 0 Å². The summed E-state index contributed by atoms with van der Waals surface area (Å²) in [6.45, 7) is 3.92. The summed E-state index contributed by atoms with van der Waals surface area (Å²) in [5.74, 6) is 1.08. The lowest BCUT2D eigenvalue weighted by molar-refractivity contribution is 0.383. The number of aromatic nitrogens is 3. The van der Waals surface area contributed by atoms with Gasteiger partial charge in [-0.1, -0.05) is 0 Å². The van der Waals surface area contributed by atoms with Crippen molar-refractivity contribution in [1.29, 1.82) is 0 Å². The van der Waals surface area contributed by atoms with Gasteiger partial charge in [0.2, 0.25) is 0 Å². The molecule has 0 aliphatic rings. The number of pyridine rings is 1. The number of hydrogen-bond donors (Lipinski definition) is 0. The molecule has 0 amide bonds. The highest BCUT2D eigenvalue weighted by Crippen LogP contribution is 2.14. The monoisotopic (exact) mass is 204 g/mol. The lowest BCUT2D eigenvalue weighted by atomic mass is 10.4. The molecular weight excluding hydrogens is 188 g/mol. The molecule has 0 N–H and O–H groups in total. The van der Waals surface area contributed by atoms with Gasteiger partial charge in [-0.15, -0.1) is 0 Å². The first-order valence-electron chi connectivity index (χ1n) is 5.17. The summed E-state index contributed by atoms with van der Waals surface area (Å²) in [6.07, 6.45) is 1.79. The minimum Gasteiger partial charge on any atom is -0.326 e. The van der Waals surface area contributed by atoms with Crippen LogP contribution in [0.3, 0.4) is 0 Å². The molecule has 2 heterocycles. The Morgan fingerprint density at radius 1 is 1.40 bits per heavy atom. The van der Waals surface area contributed by atoms with Crippen LogP contribution in [0.2, 0.25) is 0 Å². The summed E-state index contributed by atoms with van der Waals surface area (Å²) in [6, 6.07) is 4.02. The highest BCUT2D eigenvalue weighted by Gasteiger charge is 2.09. The third-order valence-electron chi connectivity index (χ3n) is 2.38. The van der Waals surface area contributed by atoms with Gasteiger partial charge in [-0.3, -0.25) is 0 Å². The van der Waals surface area contributed by atoms with Crippen molar-refractivity contribution in [1.82, 2.24) is 19.4 Å². The van der Waals surface area contributed by atoms with E-state index in [1.807, 2.05) is 20.2 Å². The second-order valence-corrected chi connectivity index (χ2v) is 3.86. The molecular formula is C11H16N4. The van der Waals surface area contributed by atoms with Gasteiger partial charge in [-0.2, -0.15) is 0 Å². The van der Waals surface area contributed by atoms with Crippen LogP contribution in [0.5, 0.6) is 0 Å². The molecule has 0 fully saturated rings. The van der Waals surface area contributed by atoms with Gasteiger partial charge >= 0.3 is 0 Å². The normalized spacial score (nSPS) is 11.5. The first-order chi connectivity index (χ1) is 7.22. The second-order valence-electron chi connectivity index (χ2n) is 3.86. The Kier molecular flexibility index (Phi) is 2.68. The molecule has 0 aliphatic heterocycles. The van der Waals surface area contributed by atoms with Crippen molar-refractivity contribution in [3.05, 3.63) is 24.2 Å². The maximum atomic E-state index is 4.53. The molecule has 0 radical (unpaired) electrons. The molecule has 0 spiro atoms. The predicted molar refractivity (Wildman–Crippen MR) is 60.6 cm³/mol. The zero-order valence-electron chi connectivity index (χ0n) is 9.44. The van der Waals surface area contributed by atoms with Crippen LogP contribution in [-0.4, -0.2) is 33.5 Å². The fraction of sp³-hybridized carbons (Fsp3) is 0.455. The molecule has 0 aromatic carbocycles. The Bertz CT molecular complexity index is 459. The van der Waals surface area contributed by atoms with Crippen molar-refractivity contribution in [2.24, 2.45) is 0 Å². The van der Waals surface area contributed by atoms with E-state index in [0.29, 0.717) is 0 Å². The quantitative estimate of drug-likeness (QED) is 0.760. The van der Waals surface area contributed by atoms with E-state index in [0.717, 1.165) is 30.1 Å². The molecule has 4 nitrogen and oxygen atoms in total. The first kappa shape index (κ1) is 10.1. The van der Waals surface area contributed by atoms with E-state index in [4.69, 9.17) is 0 Å². The molecule has 80 valence electrons. The highest BCUT2D eigenvalue weighted by molar-refractivity contribution is 5.71. The van der Waals surface area contributed by atoms with Crippen molar-refractivity contribution >= 4 is 11.2 Å². The van der Waals surface area contributed by atoms with Crippen LogP contribution in [0.25, 0.3) is 11.2 Å². The zero-order valence-corrected chi connectivity index (χ0v) is 9.44. The van der Waals surface area contributed by atoms with Gasteiger partial charge in [0.05, 0.1) is 12.1 Å². The summed E-state index contributed by atoms with van der Waals surface area (Å²) < 4.78 is 2.21. The number of fused-ring (bicyclic) bond motifs is 1. The van der Waals surface area contributed by atoms with Crippen LogP contribution in [0.15, 0.2) is 18.3 Å². The highest BCUT2D eigenvalue weighted by atomic mass is 15.2. The Labute approximate surface area is 89.6 Å². The topological polar surface area (TPSA) is 34.0 Å². The summed E-state index contributed by atoms with van der Waals surface area (Å²) in [5, 5.41) is 0. The molecule has 0 unspecified atom stereocenters. The summed E-state index contributed by atoms with van der Waals surface area (Å²) in [4.78, 5) is 10.9. The van der Waals surface area contributed by atoms with Gasteiger partial charge in [0, 0.05) is 12.7 Å². The SMILES string of the molecule is CCn1c(CN(C)C)nc2ncccc21. The van der Waals surface area contributed by atoms with Crippen molar-refractivity contribution < 1.29 is 0 Å². The van der Waals surface area contributed by atoms with E-state index in [1.54, 1.807) is 6.20 Å². The molecule has 0 saturated carbocycles. The van der Waals surface area contributed by atoms with Gasteiger partial charge < -0.3 is 9.47 Å². The number of nitrogens with zero attached hydrogens (tertiary/aromatic N) is 4. The van der Waals surface area contributed by atoms with Crippen LogP contribution in [0, 0.1) is 0 Å². The molecule has 15 heavy (non-hydrogen) atoms. The molecule has 0 aliphatic carbocycles. The molecule has 2 aromatic heterocycles.